The van der Waals surface area contributed by atoms with E-state index in [0.29, 0.717) is 17.4 Å². The molecule has 1 fully saturated rings. The zero-order valence-corrected chi connectivity index (χ0v) is 39.0. The average Bonchev–Trinajstić information content (AvgIpc) is 3.08. The van der Waals surface area contributed by atoms with E-state index in [9.17, 15) is 0 Å². The fourth-order valence-electron chi connectivity index (χ4n) is 7.15. The normalized spacial score (nSPS) is 20.7. The van der Waals surface area contributed by atoms with E-state index in [2.05, 4.69) is 146 Å². The number of ether oxygens (including phenoxy) is 2. The van der Waals surface area contributed by atoms with Gasteiger partial charge in [-0.2, -0.15) is 0 Å². The Labute approximate surface area is 333 Å². The summed E-state index contributed by atoms with van der Waals surface area (Å²) in [4.78, 5) is 0. The van der Waals surface area contributed by atoms with Gasteiger partial charge in [0.05, 0.1) is 12.5 Å². The molecule has 1 heterocycles. The Morgan fingerprint density at radius 1 is 1.00 bits per heavy atom. The van der Waals surface area contributed by atoms with Crippen molar-refractivity contribution in [2.75, 3.05) is 14.2 Å². The third kappa shape index (κ3) is 19.6. The summed E-state index contributed by atoms with van der Waals surface area (Å²) >= 11 is 0. The van der Waals surface area contributed by atoms with Crippen molar-refractivity contribution in [3.05, 3.63) is 61.1 Å². The van der Waals surface area contributed by atoms with Crippen molar-refractivity contribution in [3.63, 3.8) is 0 Å². The largest absolute Gasteiger partial charge is 0.501 e. The maximum absolute atomic E-state index is 6.81. The number of piperidine rings is 1. The molecule has 4 heteroatoms. The van der Waals surface area contributed by atoms with Crippen LogP contribution in [0.2, 0.25) is 0 Å². The Morgan fingerprint density at radius 3 is 2.02 bits per heavy atom. The second-order valence-corrected chi connectivity index (χ2v) is 18.7. The summed E-state index contributed by atoms with van der Waals surface area (Å²) in [6, 6.07) is 0.735. The van der Waals surface area contributed by atoms with Gasteiger partial charge in [0, 0.05) is 29.5 Å². The number of allylic oxidation sites excluding steroid dienone is 5. The summed E-state index contributed by atoms with van der Waals surface area (Å²) in [5.74, 6) is 2.39. The first-order valence-corrected chi connectivity index (χ1v) is 21.6. The molecular formula is C49H94N2O2. The van der Waals surface area contributed by atoms with Crippen LogP contribution in [0.5, 0.6) is 0 Å². The second kappa shape index (κ2) is 25.4. The van der Waals surface area contributed by atoms with Gasteiger partial charge in [0.2, 0.25) is 0 Å². The molecular weight excluding hydrogens is 649 g/mol. The van der Waals surface area contributed by atoms with E-state index in [0.717, 1.165) is 68.9 Å². The summed E-state index contributed by atoms with van der Waals surface area (Å²) < 4.78 is 12.7. The highest BCUT2D eigenvalue weighted by Crippen LogP contribution is 2.46. The van der Waals surface area contributed by atoms with Crippen LogP contribution in [0.3, 0.4) is 0 Å². The molecule has 1 aliphatic rings. The standard InChI is InChI=1S/C38H69NO2.C9H19N.C2H6/c1-17-20-24-38(30(6)40-16,31(7)41-34(26-29(4)5)28-37(13,14)39-15)25-22-21-23-33(35(8,9)10)27-32(18-2)36(11,12)19-3;1-4-9(3)7-5-6-8(2)10-9;1-2/h18,21,23,27,29,33-34,39H,2,6-7,17,19-20,22,24-26,28H2,1,3-5,8-16H3;8,10H,4-7H2,1-3H3;1-2H3/b23-21?,32-27+;;. The minimum atomic E-state index is -0.433. The lowest BCUT2D eigenvalue weighted by Crippen LogP contribution is -2.49. The number of nitrogens with one attached hydrogen (secondary N) is 2. The van der Waals surface area contributed by atoms with Crippen molar-refractivity contribution >= 4 is 0 Å². The number of hydrogen-bond acceptors (Lipinski definition) is 4. The Balaban J connectivity index is 0. The number of methoxy groups -OCH3 is 1. The maximum Gasteiger partial charge on any atom is 0.103 e. The summed E-state index contributed by atoms with van der Waals surface area (Å²) in [6.07, 6.45) is 22.4. The van der Waals surface area contributed by atoms with Gasteiger partial charge in [-0.3, -0.25) is 0 Å². The van der Waals surface area contributed by atoms with Gasteiger partial charge in [-0.25, -0.2) is 0 Å². The summed E-state index contributed by atoms with van der Waals surface area (Å²) in [6.45, 7) is 49.0. The van der Waals surface area contributed by atoms with Crippen molar-refractivity contribution in [3.8, 4) is 0 Å². The average molecular weight is 743 g/mol. The molecule has 1 saturated heterocycles. The number of rotatable bonds is 22. The van der Waals surface area contributed by atoms with Gasteiger partial charge in [0.1, 0.15) is 17.6 Å². The number of hydrogen-bond donors (Lipinski definition) is 2. The fourth-order valence-corrected chi connectivity index (χ4v) is 7.15. The predicted molar refractivity (Wildman–Crippen MR) is 239 cm³/mol. The van der Waals surface area contributed by atoms with Gasteiger partial charge in [-0.05, 0) is 108 Å². The summed E-state index contributed by atoms with van der Waals surface area (Å²) in [5, 5.41) is 7.09. The first-order valence-electron chi connectivity index (χ1n) is 21.6. The first-order chi connectivity index (χ1) is 24.5. The molecule has 0 bridgehead atoms. The van der Waals surface area contributed by atoms with Gasteiger partial charge in [-0.1, -0.05) is 146 Å². The Morgan fingerprint density at radius 2 is 1.60 bits per heavy atom. The van der Waals surface area contributed by atoms with Crippen LogP contribution in [-0.4, -0.2) is 37.4 Å². The van der Waals surface area contributed by atoms with E-state index in [4.69, 9.17) is 9.47 Å². The monoisotopic (exact) mass is 743 g/mol. The molecule has 0 aromatic heterocycles. The summed E-state index contributed by atoms with van der Waals surface area (Å²) in [5.41, 5.74) is 1.50. The van der Waals surface area contributed by atoms with Crippen molar-refractivity contribution < 1.29 is 9.47 Å². The van der Waals surface area contributed by atoms with E-state index in [1.807, 2.05) is 27.0 Å². The smallest absolute Gasteiger partial charge is 0.103 e. The highest BCUT2D eigenvalue weighted by Gasteiger charge is 2.40. The van der Waals surface area contributed by atoms with E-state index < -0.39 is 5.41 Å². The van der Waals surface area contributed by atoms with Crippen molar-refractivity contribution in [1.29, 1.82) is 0 Å². The Bertz CT molecular complexity index is 1090. The molecule has 0 radical (unpaired) electrons. The predicted octanol–water partition coefficient (Wildman–Crippen LogP) is 14.5. The van der Waals surface area contributed by atoms with Crippen LogP contribution in [0.15, 0.2) is 61.1 Å². The molecule has 0 spiro atoms. The SMILES string of the molecule is C=C/C(=C\C(C=CCCC(CCCC)(C(=C)OC)C(=C)OC(CC(C)C)CC(C)(C)NC)C(C)(C)C)C(C)(C)CC.CC.CCC1(C)CCCC(C)N1. The van der Waals surface area contributed by atoms with E-state index >= 15 is 0 Å². The van der Waals surface area contributed by atoms with Crippen LogP contribution in [0.1, 0.15) is 188 Å². The van der Waals surface area contributed by atoms with Crippen molar-refractivity contribution in [2.24, 2.45) is 28.1 Å². The fraction of sp³-hybridized carbons (Fsp3) is 0.796. The van der Waals surface area contributed by atoms with Gasteiger partial charge in [-0.15, -0.1) is 0 Å². The molecule has 5 unspecified atom stereocenters. The van der Waals surface area contributed by atoms with Crippen molar-refractivity contribution in [2.45, 2.75) is 211 Å². The lowest BCUT2D eigenvalue weighted by molar-refractivity contribution is 0.0181. The van der Waals surface area contributed by atoms with E-state index in [1.54, 1.807) is 7.11 Å². The van der Waals surface area contributed by atoms with Crippen LogP contribution in [-0.2, 0) is 9.47 Å². The molecule has 312 valence electrons. The molecule has 0 aromatic rings. The minimum Gasteiger partial charge on any atom is -0.501 e. The topological polar surface area (TPSA) is 42.5 Å². The van der Waals surface area contributed by atoms with Crippen LogP contribution in [0, 0.1) is 28.1 Å². The van der Waals surface area contributed by atoms with E-state index in [-0.39, 0.29) is 22.5 Å². The van der Waals surface area contributed by atoms with Crippen LogP contribution in [0.25, 0.3) is 0 Å². The Hall–Kier alpha value is -1.78. The zero-order chi connectivity index (χ0) is 41.7. The second-order valence-electron chi connectivity index (χ2n) is 18.7. The molecule has 2 N–H and O–H groups in total. The molecule has 1 rings (SSSR count). The highest BCUT2D eigenvalue weighted by atomic mass is 16.5. The van der Waals surface area contributed by atoms with E-state index in [1.165, 1.54) is 31.3 Å². The van der Waals surface area contributed by atoms with Crippen LogP contribution < -0.4 is 10.6 Å². The third-order valence-electron chi connectivity index (χ3n) is 11.8. The summed E-state index contributed by atoms with van der Waals surface area (Å²) in [7, 11) is 3.75. The molecule has 0 amide bonds. The maximum atomic E-state index is 6.81. The van der Waals surface area contributed by atoms with Gasteiger partial charge >= 0.3 is 0 Å². The molecule has 53 heavy (non-hydrogen) atoms. The van der Waals surface area contributed by atoms with Gasteiger partial charge < -0.3 is 20.1 Å². The molecule has 0 aromatic carbocycles. The lowest BCUT2D eigenvalue weighted by Gasteiger charge is -2.39. The van der Waals surface area contributed by atoms with Crippen LogP contribution in [0.4, 0.5) is 0 Å². The van der Waals surface area contributed by atoms with Gasteiger partial charge in [0.25, 0.3) is 0 Å². The third-order valence-corrected chi connectivity index (χ3v) is 11.8. The quantitative estimate of drug-likeness (QED) is 0.0658. The number of unbranched alkanes of at least 4 members (excludes halogenated alkanes) is 1. The van der Waals surface area contributed by atoms with Gasteiger partial charge in [0.15, 0.2) is 0 Å². The molecule has 4 nitrogen and oxygen atoms in total. The Kier molecular flexibility index (Phi) is 25.5. The highest BCUT2D eigenvalue weighted by molar-refractivity contribution is 5.27. The van der Waals surface area contributed by atoms with Crippen LogP contribution >= 0.6 is 0 Å². The first kappa shape index (κ1) is 53.3. The lowest BCUT2D eigenvalue weighted by atomic mass is 9.73. The van der Waals surface area contributed by atoms with Crippen molar-refractivity contribution in [1.82, 2.24) is 10.6 Å². The molecule has 0 aliphatic carbocycles. The molecule has 5 atom stereocenters. The molecule has 1 aliphatic heterocycles. The molecule has 0 saturated carbocycles. The zero-order valence-electron chi connectivity index (χ0n) is 39.0. The minimum absolute atomic E-state index is 0.0287.